The van der Waals surface area contributed by atoms with E-state index >= 15 is 0 Å². The van der Waals surface area contributed by atoms with Crippen LogP contribution in [0.5, 0.6) is 11.5 Å². The van der Waals surface area contributed by atoms with Gasteiger partial charge in [-0.05, 0) is 31.0 Å². The number of carbonyl (C=O) groups is 1. The summed E-state index contributed by atoms with van der Waals surface area (Å²) in [7, 11) is 1.66. The van der Waals surface area contributed by atoms with E-state index in [1.54, 1.807) is 14.0 Å². The lowest BCUT2D eigenvalue weighted by molar-refractivity contribution is -0.146. The Bertz CT molecular complexity index is 992. The van der Waals surface area contributed by atoms with Crippen molar-refractivity contribution in [2.24, 2.45) is 0 Å². The van der Waals surface area contributed by atoms with Crippen LogP contribution in [0.2, 0.25) is 0 Å². The van der Waals surface area contributed by atoms with Gasteiger partial charge in [-0.15, -0.1) is 0 Å². The maximum absolute atomic E-state index is 12.1. The first kappa shape index (κ1) is 19.5. The molecule has 1 unspecified atom stereocenters. The van der Waals surface area contributed by atoms with Crippen molar-refractivity contribution in [2.75, 3.05) is 13.7 Å². The maximum atomic E-state index is 12.1. The summed E-state index contributed by atoms with van der Waals surface area (Å²) in [6.07, 6.45) is -0.536. The third-order valence-electron chi connectivity index (χ3n) is 4.51. The highest BCUT2D eigenvalue weighted by Gasteiger charge is 2.20. The standard InChI is InChI=1S/C24H24O4/c1-16(2)24(25)28-22(18-10-6-5-7-11-18)15-27-23-17(3)14-21(26-4)19-12-8-9-13-20(19)23/h5-14,22H,1,15H2,2-4H3. The lowest BCUT2D eigenvalue weighted by Gasteiger charge is -2.21. The minimum atomic E-state index is -0.536. The van der Waals surface area contributed by atoms with E-state index in [1.165, 1.54) is 0 Å². The van der Waals surface area contributed by atoms with Gasteiger partial charge in [0.05, 0.1) is 7.11 Å². The van der Waals surface area contributed by atoms with Gasteiger partial charge in [-0.1, -0.05) is 61.2 Å². The molecule has 3 aromatic rings. The number of benzene rings is 3. The first-order chi connectivity index (χ1) is 13.5. The molecule has 4 nitrogen and oxygen atoms in total. The first-order valence-corrected chi connectivity index (χ1v) is 9.11. The predicted molar refractivity (Wildman–Crippen MR) is 111 cm³/mol. The first-order valence-electron chi connectivity index (χ1n) is 9.11. The number of rotatable bonds is 7. The Labute approximate surface area is 165 Å². The molecule has 3 aromatic carbocycles. The van der Waals surface area contributed by atoms with Gasteiger partial charge < -0.3 is 14.2 Å². The summed E-state index contributed by atoms with van der Waals surface area (Å²) in [6, 6.07) is 19.4. The number of esters is 1. The molecule has 1 atom stereocenters. The van der Waals surface area contributed by atoms with E-state index in [-0.39, 0.29) is 6.61 Å². The molecule has 0 fully saturated rings. The van der Waals surface area contributed by atoms with Gasteiger partial charge >= 0.3 is 5.97 Å². The van der Waals surface area contributed by atoms with Gasteiger partial charge in [-0.2, -0.15) is 0 Å². The summed E-state index contributed by atoms with van der Waals surface area (Å²) >= 11 is 0. The fourth-order valence-electron chi connectivity index (χ4n) is 3.06. The predicted octanol–water partition coefficient (Wildman–Crippen LogP) is 5.40. The molecule has 0 bridgehead atoms. The Hall–Kier alpha value is -3.27. The fraction of sp³-hybridized carbons (Fsp3) is 0.208. The minimum absolute atomic E-state index is 0.195. The zero-order chi connectivity index (χ0) is 20.1. The Morgan fingerprint density at radius 3 is 2.32 bits per heavy atom. The van der Waals surface area contributed by atoms with Gasteiger partial charge in [0.25, 0.3) is 0 Å². The van der Waals surface area contributed by atoms with Gasteiger partial charge in [-0.3, -0.25) is 0 Å². The molecular weight excluding hydrogens is 352 g/mol. The number of methoxy groups -OCH3 is 1. The van der Waals surface area contributed by atoms with Crippen LogP contribution in [-0.4, -0.2) is 19.7 Å². The summed E-state index contributed by atoms with van der Waals surface area (Å²) in [5.41, 5.74) is 2.17. The van der Waals surface area contributed by atoms with E-state index in [2.05, 4.69) is 6.58 Å². The number of carbonyl (C=O) groups excluding carboxylic acids is 1. The van der Waals surface area contributed by atoms with E-state index in [9.17, 15) is 4.79 Å². The lowest BCUT2D eigenvalue weighted by Crippen LogP contribution is -2.18. The van der Waals surface area contributed by atoms with E-state index in [4.69, 9.17) is 14.2 Å². The Morgan fingerprint density at radius 1 is 1.04 bits per heavy atom. The third-order valence-corrected chi connectivity index (χ3v) is 4.51. The topological polar surface area (TPSA) is 44.8 Å². The van der Waals surface area contributed by atoms with Crippen molar-refractivity contribution >= 4 is 16.7 Å². The lowest BCUT2D eigenvalue weighted by atomic mass is 10.0. The number of fused-ring (bicyclic) bond motifs is 1. The molecule has 4 heteroatoms. The Morgan fingerprint density at radius 2 is 1.68 bits per heavy atom. The van der Waals surface area contributed by atoms with Crippen molar-refractivity contribution in [2.45, 2.75) is 20.0 Å². The van der Waals surface area contributed by atoms with Crippen LogP contribution >= 0.6 is 0 Å². The molecule has 0 saturated carbocycles. The van der Waals surface area contributed by atoms with Gasteiger partial charge in [0.1, 0.15) is 18.1 Å². The molecule has 144 valence electrons. The summed E-state index contributed by atoms with van der Waals surface area (Å²) in [5, 5.41) is 1.93. The van der Waals surface area contributed by atoms with Crippen molar-refractivity contribution in [3.8, 4) is 11.5 Å². The van der Waals surface area contributed by atoms with Crippen LogP contribution in [0, 0.1) is 6.92 Å². The molecule has 0 aliphatic carbocycles. The quantitative estimate of drug-likeness (QED) is 0.409. The zero-order valence-corrected chi connectivity index (χ0v) is 16.4. The molecule has 0 heterocycles. The van der Waals surface area contributed by atoms with Crippen LogP contribution < -0.4 is 9.47 Å². The molecule has 0 radical (unpaired) electrons. The van der Waals surface area contributed by atoms with Crippen LogP contribution in [0.4, 0.5) is 0 Å². The average molecular weight is 376 g/mol. The number of aryl methyl sites for hydroxylation is 1. The number of hydrogen-bond acceptors (Lipinski definition) is 4. The van der Waals surface area contributed by atoms with Crippen LogP contribution in [0.3, 0.4) is 0 Å². The molecule has 0 amide bonds. The van der Waals surface area contributed by atoms with Crippen LogP contribution in [-0.2, 0) is 9.53 Å². The molecule has 0 N–H and O–H groups in total. The SMILES string of the molecule is C=C(C)C(=O)OC(COc1c(C)cc(OC)c2ccccc12)c1ccccc1. The third kappa shape index (κ3) is 4.17. The van der Waals surface area contributed by atoms with Crippen LogP contribution in [0.25, 0.3) is 10.8 Å². The molecule has 28 heavy (non-hydrogen) atoms. The summed E-state index contributed by atoms with van der Waals surface area (Å²) in [6.45, 7) is 7.46. The molecule has 0 saturated heterocycles. The summed E-state index contributed by atoms with van der Waals surface area (Å²) < 4.78 is 17.3. The van der Waals surface area contributed by atoms with Gasteiger partial charge in [0, 0.05) is 16.3 Å². The van der Waals surface area contributed by atoms with Crippen molar-refractivity contribution in [1.82, 2.24) is 0 Å². The van der Waals surface area contributed by atoms with E-state index in [0.717, 1.165) is 33.4 Å². The smallest absolute Gasteiger partial charge is 0.333 e. The van der Waals surface area contributed by atoms with Crippen molar-refractivity contribution < 1.29 is 19.0 Å². The van der Waals surface area contributed by atoms with E-state index < -0.39 is 12.1 Å². The normalized spacial score (nSPS) is 11.7. The maximum Gasteiger partial charge on any atom is 0.333 e. The second-order valence-corrected chi connectivity index (χ2v) is 6.67. The molecule has 0 aliphatic rings. The Kier molecular flexibility index (Phi) is 5.99. The average Bonchev–Trinajstić information content (AvgIpc) is 2.72. The van der Waals surface area contributed by atoms with E-state index in [1.807, 2.05) is 67.6 Å². The molecule has 0 aromatic heterocycles. The molecule has 3 rings (SSSR count). The van der Waals surface area contributed by atoms with E-state index in [0.29, 0.717) is 5.57 Å². The summed E-state index contributed by atoms with van der Waals surface area (Å²) in [4.78, 5) is 12.1. The second kappa shape index (κ2) is 8.61. The number of hydrogen-bond donors (Lipinski definition) is 0. The fourth-order valence-corrected chi connectivity index (χ4v) is 3.06. The zero-order valence-electron chi connectivity index (χ0n) is 16.4. The summed E-state index contributed by atoms with van der Waals surface area (Å²) in [5.74, 6) is 1.12. The highest BCUT2D eigenvalue weighted by molar-refractivity contribution is 5.94. The number of ether oxygens (including phenoxy) is 3. The van der Waals surface area contributed by atoms with Crippen LogP contribution in [0.15, 0.2) is 72.8 Å². The highest BCUT2D eigenvalue weighted by Crippen LogP contribution is 2.37. The van der Waals surface area contributed by atoms with Gasteiger partial charge in [-0.25, -0.2) is 4.79 Å². The minimum Gasteiger partial charge on any atom is -0.496 e. The van der Waals surface area contributed by atoms with Crippen molar-refractivity contribution in [3.63, 3.8) is 0 Å². The largest absolute Gasteiger partial charge is 0.496 e. The monoisotopic (exact) mass is 376 g/mol. The molecular formula is C24H24O4. The molecule has 0 spiro atoms. The van der Waals surface area contributed by atoms with Crippen molar-refractivity contribution in [1.29, 1.82) is 0 Å². The Balaban J connectivity index is 1.92. The van der Waals surface area contributed by atoms with Gasteiger partial charge in [0.2, 0.25) is 0 Å². The molecule has 0 aliphatic heterocycles. The van der Waals surface area contributed by atoms with Crippen LogP contribution in [0.1, 0.15) is 24.2 Å². The highest BCUT2D eigenvalue weighted by atomic mass is 16.6. The second-order valence-electron chi connectivity index (χ2n) is 6.67. The van der Waals surface area contributed by atoms with Crippen molar-refractivity contribution in [3.05, 3.63) is 83.9 Å². The van der Waals surface area contributed by atoms with Gasteiger partial charge in [0.15, 0.2) is 6.10 Å².